The molecule has 0 aliphatic rings. The molecule has 4 heteroatoms. The number of allylic oxidation sites excluding steroid dienone is 1. The zero-order chi connectivity index (χ0) is 7.54. The Balaban J connectivity index is 0. The normalized spacial score (nSPS) is 7.89. The maximum atomic E-state index is 4.88. The van der Waals surface area contributed by atoms with Crippen molar-refractivity contribution in [3.8, 4) is 0 Å². The van der Waals surface area contributed by atoms with E-state index in [0.29, 0.717) is 0 Å². The molecule has 60 valence electrons. The number of hydrogen-bond donors (Lipinski definition) is 0. The third-order valence-corrected chi connectivity index (χ3v) is 1.88. The van der Waals surface area contributed by atoms with Crippen LogP contribution in [0, 0.1) is 0 Å². The first-order valence-corrected chi connectivity index (χ1v) is 10.8. The van der Waals surface area contributed by atoms with Gasteiger partial charge in [0.1, 0.15) is 0 Å². The van der Waals surface area contributed by atoms with E-state index in [2.05, 4.69) is 12.4 Å². The maximum absolute atomic E-state index is 4.88. The van der Waals surface area contributed by atoms with Crippen LogP contribution in [0.5, 0.6) is 0 Å². The Hall–Kier alpha value is 1.53. The van der Waals surface area contributed by atoms with E-state index in [1.165, 1.54) is 11.7 Å². The Bertz CT molecular complexity index is 52.2. The van der Waals surface area contributed by atoms with Crippen LogP contribution < -0.4 is 0 Å². The molecule has 0 bridgehead atoms. The molecular weight excluding hydrogens is 405 g/mol. The molecule has 0 aromatic rings. The van der Waals surface area contributed by atoms with E-state index in [-0.39, 0.29) is 0 Å². The molecular formula is C5H10Cl2PtSe. The summed E-state index contributed by atoms with van der Waals surface area (Å²) in [5, 5.41) is 1.36. The summed E-state index contributed by atoms with van der Waals surface area (Å²) in [6.45, 7) is 3.61. The predicted molar refractivity (Wildman–Crippen MR) is 42.9 cm³/mol. The molecule has 9 heavy (non-hydrogen) atoms. The second kappa shape index (κ2) is 16.3. The summed E-state index contributed by atoms with van der Waals surface area (Å²) in [4.78, 5) is 0. The van der Waals surface area contributed by atoms with Crippen molar-refractivity contribution in [3.63, 3.8) is 0 Å². The second-order valence-corrected chi connectivity index (χ2v) is 6.47. The fourth-order valence-electron chi connectivity index (χ4n) is 0.201. The quantitative estimate of drug-likeness (QED) is 0.378. The molecule has 0 unspecified atom stereocenters. The molecule has 0 heterocycles. The molecule has 0 aliphatic heterocycles. The summed E-state index contributed by atoms with van der Waals surface area (Å²) in [6, 6.07) is 0. The minimum atomic E-state index is -0.472. The van der Waals surface area contributed by atoms with Crippen LogP contribution in [0.25, 0.3) is 0 Å². The van der Waals surface area contributed by atoms with Crippen molar-refractivity contribution in [1.82, 2.24) is 0 Å². The van der Waals surface area contributed by atoms with E-state index in [9.17, 15) is 0 Å². The van der Waals surface area contributed by atoms with Crippen LogP contribution in [0.1, 0.15) is 6.42 Å². The molecule has 0 aliphatic carbocycles. The van der Waals surface area contributed by atoms with Crippen molar-refractivity contribution in [3.05, 3.63) is 12.7 Å². The Morgan fingerprint density at radius 1 is 1.67 bits per heavy atom. The topological polar surface area (TPSA) is 0 Å². The van der Waals surface area contributed by atoms with Gasteiger partial charge in [-0.2, -0.15) is 0 Å². The van der Waals surface area contributed by atoms with Gasteiger partial charge in [-0.15, -0.1) is 0 Å². The fourth-order valence-corrected chi connectivity index (χ4v) is 1.05. The zero-order valence-corrected chi connectivity index (χ0v) is 10.7. The molecule has 0 nitrogen and oxygen atoms in total. The molecule has 0 radical (unpaired) electrons. The predicted octanol–water partition coefficient (Wildman–Crippen LogP) is 3.11. The van der Waals surface area contributed by atoms with Crippen LogP contribution in [0.15, 0.2) is 12.7 Å². The van der Waals surface area contributed by atoms with Crippen molar-refractivity contribution in [2.45, 2.75) is 17.6 Å². The molecule has 0 aromatic heterocycles. The molecule has 0 atom stereocenters. The Morgan fingerprint density at radius 3 is 2.22 bits per heavy atom. The van der Waals surface area contributed by atoms with E-state index in [1.54, 1.807) is 0 Å². The van der Waals surface area contributed by atoms with E-state index in [1.807, 2.05) is 6.08 Å². The van der Waals surface area contributed by atoms with Gasteiger partial charge in [0.2, 0.25) is 0 Å². The fraction of sp³-hybridized carbons (Fsp3) is 0.600. The molecule has 0 aromatic carbocycles. The van der Waals surface area contributed by atoms with Crippen molar-refractivity contribution >= 4 is 33.8 Å². The molecule has 0 amide bonds. The van der Waals surface area contributed by atoms with Crippen LogP contribution in [0.3, 0.4) is 0 Å². The third-order valence-electron chi connectivity index (χ3n) is 0.526. The van der Waals surface area contributed by atoms with E-state index in [0.717, 1.165) is 15.0 Å². The molecule has 0 saturated heterocycles. The van der Waals surface area contributed by atoms with Crippen molar-refractivity contribution in [2.24, 2.45) is 0 Å². The average molecular weight is 415 g/mol. The molecule has 0 spiro atoms. The molecule has 0 fully saturated rings. The van der Waals surface area contributed by atoms with Crippen LogP contribution in [-0.4, -0.2) is 15.0 Å². The summed E-state index contributed by atoms with van der Waals surface area (Å²) in [7, 11) is 9.75. The number of halogens is 2. The summed E-state index contributed by atoms with van der Waals surface area (Å²) in [6.07, 6.45) is 3.18. The van der Waals surface area contributed by atoms with E-state index < -0.39 is 16.5 Å². The van der Waals surface area contributed by atoms with E-state index >= 15 is 0 Å². The van der Waals surface area contributed by atoms with Crippen molar-refractivity contribution in [1.29, 1.82) is 0 Å². The van der Waals surface area contributed by atoms with Gasteiger partial charge < -0.3 is 0 Å². The van der Waals surface area contributed by atoms with Crippen LogP contribution in [-0.2, 0) is 16.5 Å². The van der Waals surface area contributed by atoms with Gasteiger partial charge in [-0.1, -0.05) is 0 Å². The Kier molecular flexibility index (Phi) is 23.7. The van der Waals surface area contributed by atoms with Gasteiger partial charge in [0.15, 0.2) is 0 Å². The Labute approximate surface area is 79.9 Å². The van der Waals surface area contributed by atoms with Crippen LogP contribution >= 0.6 is 18.8 Å². The van der Waals surface area contributed by atoms with Gasteiger partial charge >= 0.3 is 80.5 Å². The van der Waals surface area contributed by atoms with Crippen molar-refractivity contribution in [2.75, 3.05) is 0 Å². The summed E-state index contributed by atoms with van der Waals surface area (Å²) >= 11 is 0.383. The summed E-state index contributed by atoms with van der Waals surface area (Å²) < 4.78 is 0. The SMILES string of the molecule is C=CCC[Se]C.[Cl][Pt][Cl]. The standard InChI is InChI=1S/C5H10Se.2ClH.Pt/c1-3-4-5-6-2;;;/h3H,1,4-5H2,2H3;2*1H;/q;;;+2/p-2. The average Bonchev–Trinajstić information content (AvgIpc) is 1.86. The Morgan fingerprint density at radius 2 is 2.11 bits per heavy atom. The van der Waals surface area contributed by atoms with Crippen LogP contribution in [0.4, 0.5) is 0 Å². The minimum absolute atomic E-state index is 0.472. The van der Waals surface area contributed by atoms with Gasteiger partial charge in [0.25, 0.3) is 0 Å². The monoisotopic (exact) mass is 415 g/mol. The van der Waals surface area contributed by atoms with Gasteiger partial charge in [-0.3, -0.25) is 0 Å². The number of hydrogen-bond acceptors (Lipinski definition) is 0. The van der Waals surface area contributed by atoms with Gasteiger partial charge in [0.05, 0.1) is 0 Å². The third kappa shape index (κ3) is 26.3. The van der Waals surface area contributed by atoms with Gasteiger partial charge in [-0.25, -0.2) is 0 Å². The van der Waals surface area contributed by atoms with Gasteiger partial charge in [0, 0.05) is 0 Å². The molecule has 0 saturated carbocycles. The molecule has 0 rings (SSSR count). The summed E-state index contributed by atoms with van der Waals surface area (Å²) in [5.41, 5.74) is 0. The zero-order valence-electron chi connectivity index (χ0n) is 5.18. The molecule has 0 N–H and O–H groups in total. The van der Waals surface area contributed by atoms with Crippen LogP contribution in [0.2, 0.25) is 11.1 Å². The number of rotatable bonds is 3. The summed E-state index contributed by atoms with van der Waals surface area (Å²) in [5.74, 6) is 2.25. The first-order chi connectivity index (χ1) is 4.33. The van der Waals surface area contributed by atoms with Crippen molar-refractivity contribution < 1.29 is 16.5 Å². The van der Waals surface area contributed by atoms with Gasteiger partial charge in [-0.05, 0) is 0 Å². The second-order valence-electron chi connectivity index (χ2n) is 1.12. The first-order valence-electron chi connectivity index (χ1n) is 2.25. The van der Waals surface area contributed by atoms with E-state index in [4.69, 9.17) is 18.8 Å². The first kappa shape index (κ1) is 13.1.